The number of benzene rings is 3. The molecular weight excluding hydrogens is 384 g/mol. The van der Waals surface area contributed by atoms with Crippen LogP contribution in [0, 0.1) is 0 Å². The number of nitrogens with one attached hydrogen (secondary N) is 2. The van der Waals surface area contributed by atoms with Crippen molar-refractivity contribution in [1.82, 2.24) is 0 Å². The molecule has 0 bridgehead atoms. The van der Waals surface area contributed by atoms with Crippen molar-refractivity contribution in [3.8, 4) is 5.75 Å². The van der Waals surface area contributed by atoms with Crippen LogP contribution in [0.5, 0.6) is 5.75 Å². The fraction of sp³-hybridized carbons (Fsp3) is 0.130. The molecule has 2 atom stereocenters. The van der Waals surface area contributed by atoms with E-state index in [1.54, 1.807) is 25.1 Å². The van der Waals surface area contributed by atoms with E-state index in [4.69, 9.17) is 4.74 Å². The normalized spacial score (nSPS) is 16.2. The highest BCUT2D eigenvalue weighted by molar-refractivity contribution is 8.00. The summed E-state index contributed by atoms with van der Waals surface area (Å²) in [7, 11) is 0. The van der Waals surface area contributed by atoms with Gasteiger partial charge < -0.3 is 15.4 Å². The van der Waals surface area contributed by atoms with Gasteiger partial charge >= 0.3 is 0 Å². The predicted octanol–water partition coefficient (Wildman–Crippen LogP) is 4.88. The Labute approximate surface area is 173 Å². The van der Waals surface area contributed by atoms with E-state index in [2.05, 4.69) is 10.6 Å². The molecule has 0 saturated carbocycles. The minimum atomic E-state index is -0.535. The summed E-state index contributed by atoms with van der Waals surface area (Å²) in [5.41, 5.74) is 2.07. The fourth-order valence-corrected chi connectivity index (χ4v) is 4.08. The third-order valence-electron chi connectivity index (χ3n) is 4.52. The summed E-state index contributed by atoms with van der Waals surface area (Å²) >= 11 is 1.49. The van der Waals surface area contributed by atoms with Crippen molar-refractivity contribution < 1.29 is 14.3 Å². The summed E-state index contributed by atoms with van der Waals surface area (Å²) in [6.45, 7) is 1.69. The Bertz CT molecular complexity index is 1020. The number of hydrogen-bond acceptors (Lipinski definition) is 4. The minimum absolute atomic E-state index is 0.138. The Balaban J connectivity index is 1.57. The molecular formula is C23H20N2O3S. The molecule has 0 aliphatic carbocycles. The Kier molecular flexibility index (Phi) is 5.53. The molecule has 0 aromatic heterocycles. The molecule has 3 aromatic carbocycles. The maximum Gasteiger partial charge on any atom is 0.265 e. The second kappa shape index (κ2) is 8.41. The van der Waals surface area contributed by atoms with Crippen LogP contribution in [0.4, 0.5) is 11.4 Å². The zero-order valence-electron chi connectivity index (χ0n) is 15.8. The van der Waals surface area contributed by atoms with E-state index in [1.165, 1.54) is 11.8 Å². The minimum Gasteiger partial charge on any atom is -0.479 e. The van der Waals surface area contributed by atoms with Crippen molar-refractivity contribution in [2.45, 2.75) is 23.2 Å². The lowest BCUT2D eigenvalue weighted by Gasteiger charge is -2.24. The lowest BCUT2D eigenvalue weighted by Crippen LogP contribution is -2.34. The van der Waals surface area contributed by atoms with Crippen molar-refractivity contribution >= 4 is 35.0 Å². The molecule has 0 unspecified atom stereocenters. The predicted molar refractivity (Wildman–Crippen MR) is 115 cm³/mol. The van der Waals surface area contributed by atoms with Crippen LogP contribution in [0.25, 0.3) is 0 Å². The van der Waals surface area contributed by atoms with Gasteiger partial charge in [0.15, 0.2) is 6.10 Å². The highest BCUT2D eigenvalue weighted by Gasteiger charge is 2.25. The second-order valence-corrected chi connectivity index (χ2v) is 7.85. The van der Waals surface area contributed by atoms with Crippen LogP contribution in [0.2, 0.25) is 0 Å². The van der Waals surface area contributed by atoms with Crippen molar-refractivity contribution in [2.75, 3.05) is 10.6 Å². The van der Waals surface area contributed by atoms with E-state index in [0.29, 0.717) is 17.1 Å². The highest BCUT2D eigenvalue weighted by Crippen LogP contribution is 2.37. The summed E-state index contributed by atoms with van der Waals surface area (Å²) < 4.78 is 5.57. The molecule has 0 fully saturated rings. The first-order valence-corrected chi connectivity index (χ1v) is 10.2. The number of carbonyl (C=O) groups excluding carboxylic acids is 2. The van der Waals surface area contributed by atoms with Crippen LogP contribution in [0.1, 0.15) is 17.7 Å². The Hall–Kier alpha value is -3.25. The highest BCUT2D eigenvalue weighted by atomic mass is 32.2. The number of thioether (sulfide) groups is 1. The quantitative estimate of drug-likeness (QED) is 0.595. The number of anilines is 2. The van der Waals surface area contributed by atoms with E-state index < -0.39 is 11.4 Å². The number of amides is 2. The zero-order valence-corrected chi connectivity index (χ0v) is 16.6. The van der Waals surface area contributed by atoms with Gasteiger partial charge in [0.1, 0.15) is 11.0 Å². The zero-order chi connectivity index (χ0) is 20.2. The molecule has 1 aliphatic rings. The van der Waals surface area contributed by atoms with Gasteiger partial charge in [0.05, 0.1) is 5.69 Å². The third kappa shape index (κ3) is 4.43. The summed E-state index contributed by atoms with van der Waals surface area (Å²) in [4.78, 5) is 26.0. The molecule has 1 heterocycles. The largest absolute Gasteiger partial charge is 0.479 e. The molecule has 3 aromatic rings. The number of hydrogen-bond donors (Lipinski definition) is 2. The van der Waals surface area contributed by atoms with Gasteiger partial charge in [-0.3, -0.25) is 9.59 Å². The Morgan fingerprint density at radius 1 is 1.03 bits per heavy atom. The van der Waals surface area contributed by atoms with Gasteiger partial charge in [-0.1, -0.05) is 48.5 Å². The van der Waals surface area contributed by atoms with Gasteiger partial charge in [0, 0.05) is 10.6 Å². The van der Waals surface area contributed by atoms with Gasteiger partial charge in [0.2, 0.25) is 5.91 Å². The summed E-state index contributed by atoms with van der Waals surface area (Å²) in [5, 5.41) is 5.36. The molecule has 2 N–H and O–H groups in total. The molecule has 146 valence electrons. The van der Waals surface area contributed by atoms with E-state index in [1.807, 2.05) is 60.7 Å². The molecule has 0 saturated heterocycles. The van der Waals surface area contributed by atoms with Crippen molar-refractivity contribution in [1.29, 1.82) is 0 Å². The first-order chi connectivity index (χ1) is 14.1. The Morgan fingerprint density at radius 3 is 2.45 bits per heavy atom. The molecule has 0 radical (unpaired) electrons. The first kappa shape index (κ1) is 19.1. The van der Waals surface area contributed by atoms with Crippen LogP contribution < -0.4 is 15.4 Å². The van der Waals surface area contributed by atoms with Crippen LogP contribution in [-0.2, 0) is 9.59 Å². The maximum atomic E-state index is 13.2. The van der Waals surface area contributed by atoms with Gasteiger partial charge in [-0.25, -0.2) is 0 Å². The van der Waals surface area contributed by atoms with E-state index >= 15 is 0 Å². The van der Waals surface area contributed by atoms with Crippen molar-refractivity contribution in [2.24, 2.45) is 0 Å². The van der Waals surface area contributed by atoms with Gasteiger partial charge in [-0.05, 0) is 42.8 Å². The van der Waals surface area contributed by atoms with Gasteiger partial charge in [-0.15, -0.1) is 11.8 Å². The SMILES string of the molecule is C[C@H]1Oc2ccc(NC(=O)[C@H](Sc3ccccc3)c3ccccc3)cc2NC1=O. The molecule has 1 aliphatic heterocycles. The first-order valence-electron chi connectivity index (χ1n) is 9.29. The number of ether oxygens (including phenoxy) is 1. The van der Waals surface area contributed by atoms with Crippen LogP contribution in [0.3, 0.4) is 0 Å². The van der Waals surface area contributed by atoms with E-state index in [9.17, 15) is 9.59 Å². The summed E-state index contributed by atoms with van der Waals surface area (Å²) in [6, 6.07) is 24.7. The van der Waals surface area contributed by atoms with Gasteiger partial charge in [-0.2, -0.15) is 0 Å². The standard InChI is InChI=1S/C23H20N2O3S/c1-15-22(26)25-19-14-17(12-13-20(19)28-15)24-23(27)21(16-8-4-2-5-9-16)29-18-10-6-3-7-11-18/h2-15,21H,1H3,(H,24,27)(H,25,26)/t15-,21-/m1/s1. The summed E-state index contributed by atoms with van der Waals surface area (Å²) in [5.74, 6) is 0.248. The number of carbonyl (C=O) groups is 2. The molecule has 6 heteroatoms. The molecule has 5 nitrogen and oxygen atoms in total. The second-order valence-electron chi connectivity index (χ2n) is 6.67. The smallest absolute Gasteiger partial charge is 0.265 e. The summed E-state index contributed by atoms with van der Waals surface area (Å²) in [6.07, 6.45) is -0.535. The molecule has 0 spiro atoms. The fourth-order valence-electron chi connectivity index (χ4n) is 3.03. The lowest BCUT2D eigenvalue weighted by molar-refractivity contribution is -0.122. The average Bonchev–Trinajstić information content (AvgIpc) is 2.74. The van der Waals surface area contributed by atoms with Crippen LogP contribution >= 0.6 is 11.8 Å². The number of fused-ring (bicyclic) bond motifs is 1. The monoisotopic (exact) mass is 404 g/mol. The topological polar surface area (TPSA) is 67.4 Å². The lowest BCUT2D eigenvalue weighted by atomic mass is 10.1. The third-order valence-corrected chi connectivity index (χ3v) is 5.78. The van der Waals surface area contributed by atoms with Crippen LogP contribution in [-0.4, -0.2) is 17.9 Å². The molecule has 2 amide bonds. The number of rotatable bonds is 5. The van der Waals surface area contributed by atoms with E-state index in [0.717, 1.165) is 10.5 Å². The average molecular weight is 404 g/mol. The van der Waals surface area contributed by atoms with Gasteiger partial charge in [0.25, 0.3) is 5.91 Å². The maximum absolute atomic E-state index is 13.2. The van der Waals surface area contributed by atoms with Crippen molar-refractivity contribution in [3.05, 3.63) is 84.4 Å². The van der Waals surface area contributed by atoms with Crippen molar-refractivity contribution in [3.63, 3.8) is 0 Å². The van der Waals surface area contributed by atoms with E-state index in [-0.39, 0.29) is 11.8 Å². The van der Waals surface area contributed by atoms with Crippen LogP contribution in [0.15, 0.2) is 83.8 Å². The molecule has 29 heavy (non-hydrogen) atoms. The molecule has 4 rings (SSSR count). The Morgan fingerprint density at radius 2 is 1.72 bits per heavy atom.